The molecule has 2 aliphatic heterocycles. The van der Waals surface area contributed by atoms with Crippen LogP contribution in [0.2, 0.25) is 0 Å². The molecule has 2 aliphatic rings. The van der Waals surface area contributed by atoms with Crippen molar-refractivity contribution in [2.75, 3.05) is 40.5 Å². The molecule has 1 unspecified atom stereocenters. The third kappa shape index (κ3) is 6.66. The highest BCUT2D eigenvalue weighted by atomic mass is 16.5. The summed E-state index contributed by atoms with van der Waals surface area (Å²) >= 11 is 0. The van der Waals surface area contributed by atoms with Crippen LogP contribution in [0.25, 0.3) is 11.1 Å². The van der Waals surface area contributed by atoms with Crippen LogP contribution in [-0.2, 0) is 23.1 Å². The summed E-state index contributed by atoms with van der Waals surface area (Å²) in [7, 11) is 4.74. The minimum absolute atomic E-state index is 0.0604. The molecule has 0 saturated heterocycles. The van der Waals surface area contributed by atoms with Gasteiger partial charge in [-0.1, -0.05) is 6.07 Å². The molecule has 1 aromatic heterocycles. The first-order valence-corrected chi connectivity index (χ1v) is 14.3. The van der Waals surface area contributed by atoms with Gasteiger partial charge in [-0.25, -0.2) is 0 Å². The summed E-state index contributed by atoms with van der Waals surface area (Å²) in [5, 5.41) is 6.01. The Morgan fingerprint density at radius 3 is 2.56 bits per heavy atom. The van der Waals surface area contributed by atoms with Crippen LogP contribution >= 0.6 is 0 Å². The fourth-order valence-electron chi connectivity index (χ4n) is 5.49. The van der Waals surface area contributed by atoms with Crippen molar-refractivity contribution < 1.29 is 28.6 Å². The Hall–Kier alpha value is -4.80. The maximum Gasteiger partial charge on any atom is 0.255 e. The first kappa shape index (κ1) is 29.7. The van der Waals surface area contributed by atoms with Gasteiger partial charge in [0, 0.05) is 69.3 Å². The Morgan fingerprint density at radius 1 is 0.953 bits per heavy atom. The van der Waals surface area contributed by atoms with Gasteiger partial charge < -0.3 is 34.3 Å². The summed E-state index contributed by atoms with van der Waals surface area (Å²) in [6, 6.07) is 12.2. The van der Waals surface area contributed by atoms with Gasteiger partial charge in [0.25, 0.3) is 5.91 Å². The van der Waals surface area contributed by atoms with E-state index in [0.29, 0.717) is 42.3 Å². The molecule has 0 fully saturated rings. The van der Waals surface area contributed by atoms with E-state index in [1.54, 1.807) is 21.3 Å². The predicted molar refractivity (Wildman–Crippen MR) is 160 cm³/mol. The zero-order valence-electron chi connectivity index (χ0n) is 24.6. The summed E-state index contributed by atoms with van der Waals surface area (Å²) in [5.41, 5.74) is 3.51. The number of aryl methyl sites for hydroxylation is 2. The van der Waals surface area contributed by atoms with Crippen molar-refractivity contribution >= 4 is 17.7 Å². The first-order chi connectivity index (χ1) is 20.8. The Morgan fingerprint density at radius 2 is 1.79 bits per heavy atom. The molecule has 3 heterocycles. The maximum absolute atomic E-state index is 13.4. The summed E-state index contributed by atoms with van der Waals surface area (Å²) in [6.07, 6.45) is 2.82. The quantitative estimate of drug-likeness (QED) is 0.482. The standard InChI is InChI=1S/C32H36N4O7/c1-35-19-22(6-9-30(35)39)32(40)36-13-10-29(38)34-25-11-15-43-26-7-5-21(18-24(25)26)23-16-20(4-8-28(37)33-12-14-36)17-27(41-2)31(23)42-3/h5-7,9,16-19,25H,4,8,10-15H2,1-3H3,(H,33,37)(H,34,38). The highest BCUT2D eigenvalue weighted by molar-refractivity contribution is 5.94. The summed E-state index contributed by atoms with van der Waals surface area (Å²) in [4.78, 5) is 52.8. The van der Waals surface area contributed by atoms with Crippen molar-refractivity contribution in [3.8, 4) is 28.4 Å². The molecular formula is C32H36N4O7. The number of aromatic nitrogens is 1. The third-order valence-electron chi connectivity index (χ3n) is 7.81. The number of pyridine rings is 1. The van der Waals surface area contributed by atoms with Gasteiger partial charge in [0.15, 0.2) is 11.5 Å². The van der Waals surface area contributed by atoms with E-state index < -0.39 is 0 Å². The highest BCUT2D eigenvalue weighted by Crippen LogP contribution is 2.42. The second-order valence-corrected chi connectivity index (χ2v) is 10.6. The number of carbonyl (C=O) groups excluding carboxylic acids is 3. The molecule has 0 radical (unpaired) electrons. The van der Waals surface area contributed by atoms with Crippen LogP contribution in [-0.4, -0.2) is 67.6 Å². The topological polar surface area (TPSA) is 128 Å². The minimum Gasteiger partial charge on any atom is -0.493 e. The Bertz CT molecular complexity index is 1600. The van der Waals surface area contributed by atoms with Crippen LogP contribution in [0.15, 0.2) is 53.5 Å². The van der Waals surface area contributed by atoms with E-state index in [-0.39, 0.29) is 61.8 Å². The number of nitrogens with one attached hydrogen (secondary N) is 2. The predicted octanol–water partition coefficient (Wildman–Crippen LogP) is 2.60. The molecule has 11 heteroatoms. The van der Waals surface area contributed by atoms with E-state index in [2.05, 4.69) is 10.6 Å². The van der Waals surface area contributed by atoms with E-state index >= 15 is 0 Å². The lowest BCUT2D eigenvalue weighted by molar-refractivity contribution is -0.123. The average Bonchev–Trinajstić information content (AvgIpc) is 3.01. The number of fused-ring (bicyclic) bond motifs is 4. The van der Waals surface area contributed by atoms with E-state index in [4.69, 9.17) is 14.2 Å². The van der Waals surface area contributed by atoms with Gasteiger partial charge in [-0.2, -0.15) is 0 Å². The lowest BCUT2D eigenvalue weighted by atomic mass is 9.93. The van der Waals surface area contributed by atoms with E-state index in [0.717, 1.165) is 22.3 Å². The van der Waals surface area contributed by atoms with Crippen molar-refractivity contribution in [3.05, 3.63) is 75.7 Å². The van der Waals surface area contributed by atoms with Crippen LogP contribution in [0.4, 0.5) is 0 Å². The average molecular weight is 589 g/mol. The van der Waals surface area contributed by atoms with E-state index in [9.17, 15) is 19.2 Å². The molecule has 3 aromatic rings. The smallest absolute Gasteiger partial charge is 0.255 e. The van der Waals surface area contributed by atoms with Crippen molar-refractivity contribution in [3.63, 3.8) is 0 Å². The SMILES string of the molecule is COc1cc2cc(c1OC)-c1ccc3c(c1)C(CCO3)NC(=O)CCN(C(=O)c1ccc(=O)n(C)c1)CCNC(=O)CC2. The van der Waals surface area contributed by atoms with Gasteiger partial charge in [0.1, 0.15) is 5.75 Å². The molecule has 226 valence electrons. The zero-order valence-corrected chi connectivity index (χ0v) is 24.6. The van der Waals surface area contributed by atoms with Crippen molar-refractivity contribution in [1.82, 2.24) is 20.1 Å². The van der Waals surface area contributed by atoms with E-state index in [1.165, 1.54) is 27.8 Å². The normalized spacial score (nSPS) is 17.5. The van der Waals surface area contributed by atoms with Gasteiger partial charge in [0.05, 0.1) is 32.4 Å². The molecule has 3 amide bonds. The number of nitrogens with zero attached hydrogens (tertiary/aromatic N) is 2. The molecular weight excluding hydrogens is 552 g/mol. The number of amides is 3. The number of methoxy groups -OCH3 is 2. The minimum atomic E-state index is -0.328. The van der Waals surface area contributed by atoms with Crippen molar-refractivity contribution in [2.45, 2.75) is 31.7 Å². The molecule has 4 bridgehead atoms. The molecule has 1 atom stereocenters. The van der Waals surface area contributed by atoms with Crippen LogP contribution < -0.4 is 30.4 Å². The number of benzene rings is 2. The van der Waals surface area contributed by atoms with Gasteiger partial charge in [-0.05, 0) is 47.9 Å². The molecule has 0 spiro atoms. The molecule has 11 nitrogen and oxygen atoms in total. The lowest BCUT2D eigenvalue weighted by Gasteiger charge is -2.28. The second kappa shape index (κ2) is 13.0. The van der Waals surface area contributed by atoms with Crippen LogP contribution in [0.3, 0.4) is 0 Å². The Kier molecular flexibility index (Phi) is 8.98. The van der Waals surface area contributed by atoms with Gasteiger partial charge in [0.2, 0.25) is 17.4 Å². The molecule has 5 rings (SSSR count). The van der Waals surface area contributed by atoms with Crippen LogP contribution in [0, 0.1) is 0 Å². The molecule has 0 saturated carbocycles. The van der Waals surface area contributed by atoms with E-state index in [1.807, 2.05) is 30.3 Å². The number of rotatable bonds is 3. The third-order valence-corrected chi connectivity index (χ3v) is 7.81. The van der Waals surface area contributed by atoms with Crippen molar-refractivity contribution in [2.24, 2.45) is 7.05 Å². The fourth-order valence-corrected chi connectivity index (χ4v) is 5.49. The Labute approximate surface area is 249 Å². The van der Waals surface area contributed by atoms with Gasteiger partial charge >= 0.3 is 0 Å². The molecule has 2 N–H and O–H groups in total. The summed E-state index contributed by atoms with van der Waals surface area (Å²) < 4.78 is 18.6. The summed E-state index contributed by atoms with van der Waals surface area (Å²) in [6.45, 7) is 1.01. The van der Waals surface area contributed by atoms with Gasteiger partial charge in [-0.15, -0.1) is 0 Å². The number of ether oxygens (including phenoxy) is 3. The number of hydrogen-bond donors (Lipinski definition) is 2. The van der Waals surface area contributed by atoms with Crippen LogP contribution in [0.1, 0.15) is 46.8 Å². The largest absolute Gasteiger partial charge is 0.493 e. The van der Waals surface area contributed by atoms with Gasteiger partial charge in [-0.3, -0.25) is 19.2 Å². The number of hydrogen-bond acceptors (Lipinski definition) is 7. The number of carbonyl (C=O) groups is 3. The highest BCUT2D eigenvalue weighted by Gasteiger charge is 2.26. The lowest BCUT2D eigenvalue weighted by Crippen LogP contribution is -2.41. The first-order valence-electron chi connectivity index (χ1n) is 14.3. The second-order valence-electron chi connectivity index (χ2n) is 10.6. The monoisotopic (exact) mass is 588 g/mol. The zero-order chi connectivity index (χ0) is 30.5. The molecule has 43 heavy (non-hydrogen) atoms. The van der Waals surface area contributed by atoms with Crippen molar-refractivity contribution in [1.29, 1.82) is 0 Å². The summed E-state index contributed by atoms with van der Waals surface area (Å²) in [5.74, 6) is 1.11. The van der Waals surface area contributed by atoms with Crippen LogP contribution in [0.5, 0.6) is 17.2 Å². The fraction of sp³-hybridized carbons (Fsp3) is 0.375. The maximum atomic E-state index is 13.4. The molecule has 2 aromatic carbocycles. The Balaban J connectivity index is 1.48. The molecule has 0 aliphatic carbocycles.